The molecular formula is C25H38O2. The van der Waals surface area contributed by atoms with E-state index < -0.39 is 5.41 Å². The summed E-state index contributed by atoms with van der Waals surface area (Å²) in [5, 5.41) is 0. The van der Waals surface area contributed by atoms with Crippen molar-refractivity contribution >= 4 is 5.97 Å². The highest BCUT2D eigenvalue weighted by molar-refractivity contribution is 5.75. The predicted octanol–water partition coefficient (Wildman–Crippen LogP) is 6.45. The van der Waals surface area contributed by atoms with E-state index in [1.54, 1.807) is 0 Å². The van der Waals surface area contributed by atoms with Gasteiger partial charge in [0, 0.05) is 5.92 Å². The van der Waals surface area contributed by atoms with Gasteiger partial charge in [0.15, 0.2) is 0 Å². The average Bonchev–Trinajstić information content (AvgIpc) is 2.60. The third-order valence-corrected chi connectivity index (χ3v) is 5.87. The van der Waals surface area contributed by atoms with E-state index in [2.05, 4.69) is 57.2 Å². The fourth-order valence-corrected chi connectivity index (χ4v) is 4.18. The zero-order valence-corrected chi connectivity index (χ0v) is 18.1. The van der Waals surface area contributed by atoms with Crippen molar-refractivity contribution in [2.45, 2.75) is 73.3 Å². The summed E-state index contributed by atoms with van der Waals surface area (Å²) in [4.78, 5) is 12.7. The van der Waals surface area contributed by atoms with Crippen molar-refractivity contribution in [3.63, 3.8) is 0 Å². The highest BCUT2D eigenvalue weighted by Crippen LogP contribution is 2.41. The quantitative estimate of drug-likeness (QED) is 0.425. The first-order valence-electron chi connectivity index (χ1n) is 10.6. The van der Waals surface area contributed by atoms with Gasteiger partial charge in [-0.1, -0.05) is 63.6 Å². The van der Waals surface area contributed by atoms with Crippen molar-refractivity contribution in [3.05, 3.63) is 48.0 Å². The molecule has 0 amide bonds. The maximum atomic E-state index is 12.7. The summed E-state index contributed by atoms with van der Waals surface area (Å²) in [5.74, 6) is 2.23. The number of benzene rings is 1. The monoisotopic (exact) mass is 370 g/mol. The Balaban J connectivity index is 2.20. The molecule has 2 heteroatoms. The Morgan fingerprint density at radius 1 is 1.15 bits per heavy atom. The van der Waals surface area contributed by atoms with Crippen LogP contribution in [0.3, 0.4) is 0 Å². The molecule has 1 fully saturated rings. The Labute approximate surface area is 166 Å². The molecule has 1 aromatic rings. The van der Waals surface area contributed by atoms with E-state index in [9.17, 15) is 4.79 Å². The fourth-order valence-electron chi connectivity index (χ4n) is 4.18. The summed E-state index contributed by atoms with van der Waals surface area (Å²) in [6.07, 6.45) is 8.75. The molecule has 0 saturated heterocycles. The molecule has 1 saturated carbocycles. The molecular weight excluding hydrogens is 332 g/mol. The first-order chi connectivity index (χ1) is 12.7. The van der Waals surface area contributed by atoms with Gasteiger partial charge in [0.1, 0.15) is 6.10 Å². The van der Waals surface area contributed by atoms with E-state index >= 15 is 0 Å². The molecule has 4 atom stereocenters. The van der Waals surface area contributed by atoms with Crippen molar-refractivity contribution in [1.29, 1.82) is 0 Å². The van der Waals surface area contributed by atoms with Crippen LogP contribution in [0.15, 0.2) is 42.5 Å². The largest absolute Gasteiger partial charge is 0.457 e. The van der Waals surface area contributed by atoms with Crippen molar-refractivity contribution in [2.24, 2.45) is 29.1 Å². The second-order valence-corrected chi connectivity index (χ2v) is 9.73. The summed E-state index contributed by atoms with van der Waals surface area (Å²) < 4.78 is 6.10. The predicted molar refractivity (Wildman–Crippen MR) is 113 cm³/mol. The minimum atomic E-state index is -0.473. The van der Waals surface area contributed by atoms with Crippen molar-refractivity contribution in [3.8, 4) is 0 Å². The van der Waals surface area contributed by atoms with Crippen LogP contribution >= 0.6 is 0 Å². The molecule has 1 aliphatic rings. The Morgan fingerprint density at radius 3 is 2.41 bits per heavy atom. The van der Waals surface area contributed by atoms with E-state index in [0.717, 1.165) is 12.8 Å². The van der Waals surface area contributed by atoms with Crippen LogP contribution in [0.5, 0.6) is 0 Å². The zero-order chi connectivity index (χ0) is 20.0. The zero-order valence-electron chi connectivity index (χ0n) is 18.1. The number of carbonyl (C=O) groups is 1. The second-order valence-electron chi connectivity index (χ2n) is 9.73. The number of ether oxygens (including phenoxy) is 1. The Kier molecular flexibility index (Phi) is 7.70. The molecule has 2 rings (SSSR count). The van der Waals surface area contributed by atoms with Gasteiger partial charge < -0.3 is 4.74 Å². The molecule has 27 heavy (non-hydrogen) atoms. The van der Waals surface area contributed by atoms with Crippen LogP contribution in [0.4, 0.5) is 0 Å². The first-order valence-corrected chi connectivity index (χ1v) is 10.6. The number of carbonyl (C=O) groups excluding carboxylic acids is 1. The van der Waals surface area contributed by atoms with Crippen LogP contribution in [-0.2, 0) is 16.0 Å². The molecule has 0 unspecified atom stereocenters. The summed E-state index contributed by atoms with van der Waals surface area (Å²) in [7, 11) is 0. The van der Waals surface area contributed by atoms with Gasteiger partial charge in [-0.2, -0.15) is 0 Å². The van der Waals surface area contributed by atoms with Gasteiger partial charge in [0.2, 0.25) is 0 Å². The summed E-state index contributed by atoms with van der Waals surface area (Å²) >= 11 is 0. The minimum absolute atomic E-state index is 0.0995. The van der Waals surface area contributed by atoms with Gasteiger partial charge >= 0.3 is 5.97 Å². The Bertz CT molecular complexity index is 609. The molecule has 0 bridgehead atoms. The van der Waals surface area contributed by atoms with Crippen LogP contribution in [-0.4, -0.2) is 12.1 Å². The minimum Gasteiger partial charge on any atom is -0.457 e. The van der Waals surface area contributed by atoms with E-state index in [0.29, 0.717) is 23.7 Å². The van der Waals surface area contributed by atoms with Gasteiger partial charge in [0.05, 0.1) is 5.41 Å². The normalized spacial score (nSPS) is 24.9. The molecule has 1 aliphatic carbocycles. The maximum Gasteiger partial charge on any atom is 0.311 e. The number of rotatable bonds is 6. The lowest BCUT2D eigenvalue weighted by Crippen LogP contribution is -2.39. The second kappa shape index (κ2) is 9.57. The lowest BCUT2D eigenvalue weighted by Gasteiger charge is -2.41. The molecule has 2 nitrogen and oxygen atoms in total. The van der Waals surface area contributed by atoms with E-state index in [1.165, 1.54) is 18.4 Å². The highest BCUT2D eigenvalue weighted by atomic mass is 16.5. The van der Waals surface area contributed by atoms with Crippen molar-refractivity contribution in [2.75, 3.05) is 0 Å². The topological polar surface area (TPSA) is 26.3 Å². The Hall–Kier alpha value is -1.57. The maximum absolute atomic E-state index is 12.7. The summed E-state index contributed by atoms with van der Waals surface area (Å²) in [5.41, 5.74) is 0.811. The van der Waals surface area contributed by atoms with Crippen LogP contribution in [0.1, 0.15) is 66.4 Å². The fraction of sp³-hybridized carbons (Fsp3) is 0.640. The molecule has 0 N–H and O–H groups in total. The molecule has 0 spiro atoms. The third kappa shape index (κ3) is 6.52. The first kappa shape index (κ1) is 21.7. The van der Waals surface area contributed by atoms with Crippen molar-refractivity contribution < 1.29 is 9.53 Å². The van der Waals surface area contributed by atoms with Crippen molar-refractivity contribution in [1.82, 2.24) is 0 Å². The molecule has 150 valence electrons. The number of hydrogen-bond donors (Lipinski definition) is 0. The van der Waals surface area contributed by atoms with E-state index in [-0.39, 0.29) is 12.1 Å². The molecule has 0 aliphatic heterocycles. The van der Waals surface area contributed by atoms with Gasteiger partial charge in [0.25, 0.3) is 0 Å². The van der Waals surface area contributed by atoms with Gasteiger partial charge in [-0.05, 0) is 69.4 Å². The van der Waals surface area contributed by atoms with Crippen LogP contribution in [0.2, 0.25) is 0 Å². The van der Waals surface area contributed by atoms with Gasteiger partial charge in [-0.25, -0.2) is 0 Å². The number of allylic oxidation sites excluding steroid dienone is 1. The summed E-state index contributed by atoms with van der Waals surface area (Å²) in [6, 6.07) is 10.5. The smallest absolute Gasteiger partial charge is 0.311 e. The lowest BCUT2D eigenvalue weighted by atomic mass is 9.68. The van der Waals surface area contributed by atoms with Crippen LogP contribution < -0.4 is 0 Å². The number of esters is 1. The average molecular weight is 371 g/mol. The molecule has 1 aromatic carbocycles. The van der Waals surface area contributed by atoms with E-state index in [4.69, 9.17) is 4.74 Å². The molecule has 0 aromatic heterocycles. The number of hydrogen-bond acceptors (Lipinski definition) is 2. The molecule has 0 heterocycles. The van der Waals surface area contributed by atoms with Gasteiger partial charge in [-0.3, -0.25) is 4.79 Å². The van der Waals surface area contributed by atoms with Gasteiger partial charge in [-0.15, -0.1) is 0 Å². The van der Waals surface area contributed by atoms with Crippen LogP contribution in [0.25, 0.3) is 0 Å². The molecule has 0 radical (unpaired) electrons. The highest BCUT2D eigenvalue weighted by Gasteiger charge is 2.38. The standard InChI is InChI=1S/C25H38O2/c1-18(2)21-16-15-19(3)17-22(21)23(27-24(26)25(4,5)6)14-10-13-20-11-8-7-9-12-20/h7-12,14,18-19,21-23H,13,15-17H2,1-6H3/b14-10+/t19-,21+,22-,23-/m1/s1. The third-order valence-electron chi connectivity index (χ3n) is 5.87. The Morgan fingerprint density at radius 2 is 1.81 bits per heavy atom. The lowest BCUT2D eigenvalue weighted by molar-refractivity contribution is -0.161. The van der Waals surface area contributed by atoms with Crippen LogP contribution in [0, 0.1) is 29.1 Å². The SMILES string of the molecule is CC(C)[C@@H]1CC[C@@H](C)C[C@H]1[C@@H](/C=C/Cc1ccccc1)OC(=O)C(C)(C)C. The summed E-state index contributed by atoms with van der Waals surface area (Å²) in [6.45, 7) is 12.8. The van der Waals surface area contributed by atoms with E-state index in [1.807, 2.05) is 26.8 Å².